The molecule has 5 rings (SSSR count). The fraction of sp³-hybridized carbons (Fsp3) is 0.333. The van der Waals surface area contributed by atoms with Crippen molar-refractivity contribution in [2.24, 2.45) is 0 Å². The predicted molar refractivity (Wildman–Crippen MR) is 153 cm³/mol. The van der Waals surface area contributed by atoms with E-state index in [0.29, 0.717) is 17.7 Å². The first kappa shape index (κ1) is 28.4. The molecule has 9 heteroatoms. The quantitative estimate of drug-likeness (QED) is 0.433. The second kappa shape index (κ2) is 12.1. The lowest BCUT2D eigenvalue weighted by Gasteiger charge is -2.39. The number of ether oxygens (including phenoxy) is 1. The van der Waals surface area contributed by atoms with Crippen molar-refractivity contribution in [2.75, 3.05) is 58.3 Å². The van der Waals surface area contributed by atoms with E-state index in [0.717, 1.165) is 37.6 Å². The van der Waals surface area contributed by atoms with Gasteiger partial charge in [-0.1, -0.05) is 72.8 Å². The number of urea groups is 1. The van der Waals surface area contributed by atoms with Crippen LogP contribution in [0.5, 0.6) is 5.75 Å². The van der Waals surface area contributed by atoms with E-state index >= 15 is 0 Å². The highest BCUT2D eigenvalue weighted by atomic mass is 35.5. The van der Waals surface area contributed by atoms with E-state index in [9.17, 15) is 14.7 Å². The number of carbonyl (C=O) groups excluding carboxylic acids is 2. The molecule has 2 aliphatic rings. The number of amides is 3. The first-order valence-corrected chi connectivity index (χ1v) is 13.0. The van der Waals surface area contributed by atoms with Crippen molar-refractivity contribution in [3.63, 3.8) is 0 Å². The van der Waals surface area contributed by atoms with Crippen molar-refractivity contribution in [1.82, 2.24) is 14.7 Å². The maximum atomic E-state index is 13.8. The van der Waals surface area contributed by atoms with Crippen LogP contribution < -0.4 is 9.64 Å². The zero-order valence-corrected chi connectivity index (χ0v) is 23.1. The van der Waals surface area contributed by atoms with Gasteiger partial charge in [-0.05, 0) is 23.3 Å². The summed E-state index contributed by atoms with van der Waals surface area (Å²) in [6.07, 6.45) is -0.831. The van der Waals surface area contributed by atoms with Gasteiger partial charge in [-0.25, -0.2) is 4.79 Å². The van der Waals surface area contributed by atoms with Crippen molar-refractivity contribution in [2.45, 2.75) is 11.6 Å². The number of rotatable bonds is 8. The fourth-order valence-electron chi connectivity index (χ4n) is 5.70. The lowest BCUT2D eigenvalue weighted by molar-refractivity contribution is -0.131. The largest absolute Gasteiger partial charge is 0.495 e. The van der Waals surface area contributed by atoms with E-state index < -0.39 is 17.7 Å². The van der Waals surface area contributed by atoms with Crippen molar-refractivity contribution in [1.29, 1.82) is 0 Å². The van der Waals surface area contributed by atoms with Gasteiger partial charge in [-0.15, -0.1) is 12.4 Å². The molecule has 0 radical (unpaired) electrons. The summed E-state index contributed by atoms with van der Waals surface area (Å²) in [7, 11) is 3.19. The third-order valence-corrected chi connectivity index (χ3v) is 7.58. The molecule has 1 N–H and O–H groups in total. The number of β-amino-alcohol motifs (C(OH)–C–C–N with tert-alkyl or cyclic N) is 1. The van der Waals surface area contributed by atoms with E-state index in [1.54, 1.807) is 7.11 Å². The van der Waals surface area contributed by atoms with E-state index in [2.05, 4.69) is 15.9 Å². The molecule has 1 unspecified atom stereocenters. The van der Waals surface area contributed by atoms with Gasteiger partial charge in [-0.3, -0.25) is 19.5 Å². The molecule has 0 aliphatic carbocycles. The number of para-hydroxylation sites is 2. The van der Waals surface area contributed by atoms with Crippen LogP contribution in [0.15, 0.2) is 84.9 Å². The van der Waals surface area contributed by atoms with E-state index in [-0.39, 0.29) is 24.9 Å². The maximum absolute atomic E-state index is 13.8. The van der Waals surface area contributed by atoms with Crippen LogP contribution in [-0.4, -0.2) is 91.3 Å². The highest BCUT2D eigenvalue weighted by Gasteiger charge is 2.58. The summed E-state index contributed by atoms with van der Waals surface area (Å²) in [6, 6.07) is 26.3. The molecule has 3 amide bonds. The van der Waals surface area contributed by atoms with Crippen molar-refractivity contribution >= 4 is 30.0 Å². The van der Waals surface area contributed by atoms with Crippen LogP contribution in [0.4, 0.5) is 10.5 Å². The Morgan fingerprint density at radius 2 is 1.36 bits per heavy atom. The minimum Gasteiger partial charge on any atom is -0.495 e. The molecule has 206 valence electrons. The van der Waals surface area contributed by atoms with E-state index in [1.165, 1.54) is 16.8 Å². The predicted octanol–water partition coefficient (Wildman–Crippen LogP) is 3.44. The highest BCUT2D eigenvalue weighted by Crippen LogP contribution is 2.42. The van der Waals surface area contributed by atoms with Gasteiger partial charge in [0.25, 0.3) is 5.91 Å². The molecule has 1 atom stereocenters. The fourth-order valence-corrected chi connectivity index (χ4v) is 5.70. The summed E-state index contributed by atoms with van der Waals surface area (Å²) in [5.41, 5.74) is 1.13. The van der Waals surface area contributed by atoms with Crippen LogP contribution in [-0.2, 0) is 10.3 Å². The third-order valence-electron chi connectivity index (χ3n) is 7.58. The Kier molecular flexibility index (Phi) is 8.80. The number of halogens is 1. The average Bonchev–Trinajstić information content (AvgIpc) is 3.15. The second-order valence-electron chi connectivity index (χ2n) is 9.81. The molecule has 3 aromatic rings. The second-order valence-corrected chi connectivity index (χ2v) is 9.81. The van der Waals surface area contributed by atoms with Crippen LogP contribution in [0.2, 0.25) is 0 Å². The van der Waals surface area contributed by atoms with Crippen LogP contribution >= 0.6 is 12.4 Å². The Bertz CT molecular complexity index is 1230. The van der Waals surface area contributed by atoms with E-state index in [1.807, 2.05) is 78.9 Å². The molecule has 2 aliphatic heterocycles. The number of imide groups is 1. The molecule has 39 heavy (non-hydrogen) atoms. The Labute approximate surface area is 235 Å². The summed E-state index contributed by atoms with van der Waals surface area (Å²) in [5.74, 6) is 0.526. The Hall–Kier alpha value is -3.59. The number of methoxy groups -OCH3 is 1. The monoisotopic (exact) mass is 550 g/mol. The standard InChI is InChI=1S/C30H34N4O4.ClH/c1-31-28(36)30(23-11-5-3-6-12-23,24-13-7-4-8-14-24)34(29(31)37)22-25(35)21-32-17-19-33(20-18-32)26-15-9-10-16-27(26)38-2;/h3-16,25,35H,17-22H2,1-2H3;1H. The van der Waals surface area contributed by atoms with Gasteiger partial charge in [-0.2, -0.15) is 0 Å². The summed E-state index contributed by atoms with van der Waals surface area (Å²) >= 11 is 0. The lowest BCUT2D eigenvalue weighted by atomic mass is 9.81. The molecular weight excluding hydrogens is 516 g/mol. The normalized spacial score (nSPS) is 18.2. The number of nitrogens with zero attached hydrogens (tertiary/aromatic N) is 4. The van der Waals surface area contributed by atoms with Crippen LogP contribution in [0, 0.1) is 0 Å². The number of benzene rings is 3. The van der Waals surface area contributed by atoms with Crippen LogP contribution in [0.25, 0.3) is 0 Å². The van der Waals surface area contributed by atoms with Crippen molar-refractivity contribution in [3.05, 3.63) is 96.1 Å². The van der Waals surface area contributed by atoms with Gasteiger partial charge < -0.3 is 14.7 Å². The Balaban J connectivity index is 0.00000353. The smallest absolute Gasteiger partial charge is 0.328 e. The van der Waals surface area contributed by atoms with E-state index in [4.69, 9.17) is 4.74 Å². The molecule has 2 fully saturated rings. The third kappa shape index (κ3) is 5.20. The van der Waals surface area contributed by atoms with Crippen LogP contribution in [0.3, 0.4) is 0 Å². The first-order valence-electron chi connectivity index (χ1n) is 13.0. The summed E-state index contributed by atoms with van der Waals surface area (Å²) in [4.78, 5) is 34.4. The van der Waals surface area contributed by atoms with Crippen molar-refractivity contribution in [3.8, 4) is 5.75 Å². The molecule has 2 saturated heterocycles. The van der Waals surface area contributed by atoms with Gasteiger partial charge in [0.15, 0.2) is 5.54 Å². The van der Waals surface area contributed by atoms with Gasteiger partial charge in [0.1, 0.15) is 5.75 Å². The molecule has 8 nitrogen and oxygen atoms in total. The number of aliphatic hydroxyl groups excluding tert-OH is 1. The van der Waals surface area contributed by atoms with Crippen LogP contribution in [0.1, 0.15) is 11.1 Å². The topological polar surface area (TPSA) is 76.6 Å². The Morgan fingerprint density at radius 3 is 1.92 bits per heavy atom. The number of piperazine rings is 1. The minimum atomic E-state index is -1.34. The molecule has 2 heterocycles. The van der Waals surface area contributed by atoms with Gasteiger partial charge in [0, 0.05) is 39.8 Å². The summed E-state index contributed by atoms with van der Waals surface area (Å²) in [5, 5.41) is 11.2. The minimum absolute atomic E-state index is 0. The number of anilines is 1. The molecule has 3 aromatic carbocycles. The first-order chi connectivity index (χ1) is 18.5. The number of hydrogen-bond acceptors (Lipinski definition) is 6. The van der Waals surface area contributed by atoms with Gasteiger partial charge in [0.05, 0.1) is 25.4 Å². The van der Waals surface area contributed by atoms with Gasteiger partial charge >= 0.3 is 6.03 Å². The Morgan fingerprint density at radius 1 is 0.821 bits per heavy atom. The molecule has 0 aromatic heterocycles. The SMILES string of the molecule is COc1ccccc1N1CCN(CC(O)CN2C(=O)N(C)C(=O)C2(c2ccccc2)c2ccccc2)CC1.Cl. The lowest BCUT2D eigenvalue weighted by Crippen LogP contribution is -2.53. The number of aliphatic hydroxyl groups is 1. The zero-order valence-electron chi connectivity index (χ0n) is 22.3. The average molecular weight is 551 g/mol. The number of carbonyl (C=O) groups is 2. The maximum Gasteiger partial charge on any atom is 0.328 e. The number of hydrogen-bond donors (Lipinski definition) is 1. The molecule has 0 bridgehead atoms. The molecule has 0 spiro atoms. The van der Waals surface area contributed by atoms with Crippen molar-refractivity contribution < 1.29 is 19.4 Å². The molecular formula is C30H35ClN4O4. The summed E-state index contributed by atoms with van der Waals surface area (Å²) < 4.78 is 5.52. The highest BCUT2D eigenvalue weighted by molar-refractivity contribution is 6.09. The van der Waals surface area contributed by atoms with Gasteiger partial charge in [0.2, 0.25) is 0 Å². The summed E-state index contributed by atoms with van der Waals surface area (Å²) in [6.45, 7) is 3.57. The molecule has 0 saturated carbocycles. The zero-order chi connectivity index (χ0) is 26.7. The number of likely N-dealkylation sites (N-methyl/N-ethyl adjacent to an activating group) is 1.